The molecule has 0 saturated carbocycles. The molecule has 0 aliphatic heterocycles. The molecule has 0 atom stereocenters. The molecular formula is C9H16NO2. The molecule has 0 aliphatic carbocycles. The summed E-state index contributed by atoms with van der Waals surface area (Å²) in [4.78, 5) is 10.8. The first-order chi connectivity index (χ1) is 5.81. The molecule has 0 aromatic heterocycles. The monoisotopic (exact) mass is 170 g/mol. The Kier molecular flexibility index (Phi) is 7.44. The lowest BCUT2D eigenvalue weighted by atomic mass is 10.2. The molecule has 0 bridgehead atoms. The lowest BCUT2D eigenvalue weighted by Gasteiger charge is -2.03. The number of hydrogen-bond acceptors (Lipinski definition) is 2. The van der Waals surface area contributed by atoms with Crippen molar-refractivity contribution in [1.29, 1.82) is 0 Å². The number of rotatable bonds is 6. The molecule has 0 saturated heterocycles. The highest BCUT2D eigenvalue weighted by Crippen LogP contribution is 1.90. The van der Waals surface area contributed by atoms with Crippen molar-refractivity contribution < 1.29 is 9.53 Å². The summed E-state index contributed by atoms with van der Waals surface area (Å²) >= 11 is 0. The molecule has 3 heteroatoms. The maximum atomic E-state index is 10.8. The van der Waals surface area contributed by atoms with E-state index in [-0.39, 0.29) is 12.7 Å². The van der Waals surface area contributed by atoms with Crippen LogP contribution in [0.5, 0.6) is 0 Å². The average Bonchev–Trinajstić information content (AvgIpc) is 2.09. The van der Waals surface area contributed by atoms with Crippen LogP contribution in [0.4, 0.5) is 4.79 Å². The van der Waals surface area contributed by atoms with E-state index in [4.69, 9.17) is 0 Å². The van der Waals surface area contributed by atoms with Crippen molar-refractivity contribution >= 4 is 6.09 Å². The van der Waals surface area contributed by atoms with Gasteiger partial charge in [-0.25, -0.2) is 4.79 Å². The number of carbonyl (C=O) groups excluding carboxylic acids is 1. The van der Waals surface area contributed by atoms with E-state index in [0.717, 1.165) is 19.3 Å². The Hall–Kier alpha value is -0.990. The first kappa shape index (κ1) is 11.0. The first-order valence-corrected chi connectivity index (χ1v) is 4.12. The van der Waals surface area contributed by atoms with Crippen LogP contribution in [0.15, 0.2) is 12.7 Å². The largest absolute Gasteiger partial charge is 0.445 e. The molecule has 0 aliphatic rings. The second-order valence-corrected chi connectivity index (χ2v) is 2.37. The number of carbonyl (C=O) groups is 1. The summed E-state index contributed by atoms with van der Waals surface area (Å²) in [7, 11) is 0. The van der Waals surface area contributed by atoms with Crippen molar-refractivity contribution in [2.24, 2.45) is 0 Å². The van der Waals surface area contributed by atoms with Gasteiger partial charge in [0.1, 0.15) is 6.61 Å². The number of nitrogens with one attached hydrogen (secondary N) is 1. The van der Waals surface area contributed by atoms with Gasteiger partial charge in [-0.3, -0.25) is 0 Å². The van der Waals surface area contributed by atoms with Crippen LogP contribution in [-0.4, -0.2) is 19.2 Å². The van der Waals surface area contributed by atoms with Gasteiger partial charge in [0.2, 0.25) is 0 Å². The summed E-state index contributed by atoms with van der Waals surface area (Å²) < 4.78 is 4.69. The molecule has 0 aromatic rings. The van der Waals surface area contributed by atoms with Gasteiger partial charge in [-0.15, -0.1) is 0 Å². The number of amides is 1. The van der Waals surface area contributed by atoms with Gasteiger partial charge in [-0.1, -0.05) is 32.4 Å². The van der Waals surface area contributed by atoms with E-state index in [2.05, 4.69) is 23.6 Å². The van der Waals surface area contributed by atoms with E-state index in [1.54, 1.807) is 0 Å². The van der Waals surface area contributed by atoms with Crippen LogP contribution < -0.4 is 5.32 Å². The minimum Gasteiger partial charge on any atom is -0.445 e. The fourth-order valence-corrected chi connectivity index (χ4v) is 0.678. The average molecular weight is 170 g/mol. The summed E-state index contributed by atoms with van der Waals surface area (Å²) in [5.74, 6) is 0. The lowest BCUT2D eigenvalue weighted by molar-refractivity contribution is 0.158. The van der Waals surface area contributed by atoms with Crippen LogP contribution in [0.3, 0.4) is 0 Å². The zero-order chi connectivity index (χ0) is 9.23. The van der Waals surface area contributed by atoms with Crippen LogP contribution in [-0.2, 0) is 4.74 Å². The molecular weight excluding hydrogens is 154 g/mol. The van der Waals surface area contributed by atoms with E-state index in [0.29, 0.717) is 6.54 Å². The summed E-state index contributed by atoms with van der Waals surface area (Å²) in [6.45, 7) is 8.05. The molecule has 0 aromatic carbocycles. The Bertz CT molecular complexity index is 134. The van der Waals surface area contributed by atoms with Crippen molar-refractivity contribution in [1.82, 2.24) is 5.32 Å². The third-order valence-corrected chi connectivity index (χ3v) is 1.28. The zero-order valence-electron chi connectivity index (χ0n) is 7.34. The van der Waals surface area contributed by atoms with Gasteiger partial charge >= 0.3 is 6.09 Å². The van der Waals surface area contributed by atoms with Crippen molar-refractivity contribution in [3.8, 4) is 0 Å². The molecule has 1 amide bonds. The molecule has 3 nitrogen and oxygen atoms in total. The van der Waals surface area contributed by atoms with Gasteiger partial charge in [0.25, 0.3) is 0 Å². The Labute approximate surface area is 73.8 Å². The topological polar surface area (TPSA) is 38.3 Å². The normalized spacial score (nSPS) is 9.08. The molecule has 69 valence electrons. The van der Waals surface area contributed by atoms with Gasteiger partial charge < -0.3 is 10.1 Å². The van der Waals surface area contributed by atoms with Crippen LogP contribution in [0, 0.1) is 6.92 Å². The highest BCUT2D eigenvalue weighted by atomic mass is 16.5. The van der Waals surface area contributed by atoms with Gasteiger partial charge in [0, 0.05) is 6.54 Å². The quantitative estimate of drug-likeness (QED) is 0.488. The molecule has 0 unspecified atom stereocenters. The molecule has 0 heterocycles. The van der Waals surface area contributed by atoms with Gasteiger partial charge in [0.05, 0.1) is 0 Å². The highest BCUT2D eigenvalue weighted by Gasteiger charge is 1.97. The Morgan fingerprint density at radius 3 is 2.83 bits per heavy atom. The molecule has 0 rings (SSSR count). The maximum Gasteiger partial charge on any atom is 0.407 e. The molecule has 1 radical (unpaired) electrons. The van der Waals surface area contributed by atoms with Crippen LogP contribution in [0.2, 0.25) is 0 Å². The SMILES string of the molecule is [CH2]CCCCNC(=O)OCC=C. The first-order valence-electron chi connectivity index (χ1n) is 4.12. The smallest absolute Gasteiger partial charge is 0.407 e. The standard InChI is InChI=1S/C9H16NO2/c1-3-5-6-7-10-9(11)12-8-4-2/h4H,1-3,5-8H2,(H,10,11). The summed E-state index contributed by atoms with van der Waals surface area (Å²) in [6, 6.07) is 0. The fourth-order valence-electron chi connectivity index (χ4n) is 0.678. The Balaban J connectivity index is 3.13. The zero-order valence-corrected chi connectivity index (χ0v) is 7.34. The van der Waals surface area contributed by atoms with E-state index in [1.807, 2.05) is 0 Å². The Morgan fingerprint density at radius 2 is 2.25 bits per heavy atom. The second kappa shape index (κ2) is 8.11. The predicted octanol–water partition coefficient (Wildman–Crippen LogP) is 1.90. The van der Waals surface area contributed by atoms with Crippen LogP contribution >= 0.6 is 0 Å². The fraction of sp³-hybridized carbons (Fsp3) is 0.556. The van der Waals surface area contributed by atoms with Crippen molar-refractivity contribution in [3.05, 3.63) is 19.6 Å². The van der Waals surface area contributed by atoms with E-state index in [1.165, 1.54) is 6.08 Å². The Morgan fingerprint density at radius 1 is 1.50 bits per heavy atom. The summed E-state index contributed by atoms with van der Waals surface area (Å²) in [5, 5.41) is 2.62. The van der Waals surface area contributed by atoms with E-state index in [9.17, 15) is 4.79 Å². The number of ether oxygens (including phenoxy) is 1. The van der Waals surface area contributed by atoms with Gasteiger partial charge in [-0.2, -0.15) is 0 Å². The van der Waals surface area contributed by atoms with Gasteiger partial charge in [-0.05, 0) is 6.42 Å². The number of alkyl carbamates (subject to hydrolysis) is 1. The number of unbranched alkanes of at least 4 members (excludes halogenated alkanes) is 2. The number of hydrogen-bond donors (Lipinski definition) is 1. The summed E-state index contributed by atoms with van der Waals surface area (Å²) in [5.41, 5.74) is 0. The third-order valence-electron chi connectivity index (χ3n) is 1.28. The molecule has 0 fully saturated rings. The van der Waals surface area contributed by atoms with Crippen molar-refractivity contribution in [2.75, 3.05) is 13.2 Å². The highest BCUT2D eigenvalue weighted by molar-refractivity contribution is 5.67. The maximum absolute atomic E-state index is 10.8. The van der Waals surface area contributed by atoms with Crippen molar-refractivity contribution in [2.45, 2.75) is 19.3 Å². The van der Waals surface area contributed by atoms with E-state index >= 15 is 0 Å². The lowest BCUT2D eigenvalue weighted by Crippen LogP contribution is -2.25. The molecule has 1 N–H and O–H groups in total. The van der Waals surface area contributed by atoms with E-state index < -0.39 is 0 Å². The van der Waals surface area contributed by atoms with Crippen molar-refractivity contribution in [3.63, 3.8) is 0 Å². The molecule has 12 heavy (non-hydrogen) atoms. The van der Waals surface area contributed by atoms with Crippen LogP contribution in [0.25, 0.3) is 0 Å². The predicted molar refractivity (Wildman–Crippen MR) is 48.8 cm³/mol. The second-order valence-electron chi connectivity index (χ2n) is 2.37. The minimum atomic E-state index is -0.376. The van der Waals surface area contributed by atoms with Crippen LogP contribution in [0.1, 0.15) is 19.3 Å². The molecule has 0 spiro atoms. The third kappa shape index (κ3) is 7.12. The summed E-state index contributed by atoms with van der Waals surface area (Å²) in [6.07, 6.45) is 4.05. The minimum absolute atomic E-state index is 0.265. The van der Waals surface area contributed by atoms with Gasteiger partial charge in [0.15, 0.2) is 0 Å².